The van der Waals surface area contributed by atoms with Crippen LogP contribution in [0.4, 0.5) is 5.13 Å². The summed E-state index contributed by atoms with van der Waals surface area (Å²) in [6.07, 6.45) is 2.20. The lowest BCUT2D eigenvalue weighted by Crippen LogP contribution is -2.05. The Labute approximate surface area is 108 Å². The van der Waals surface area contributed by atoms with Crippen LogP contribution in [0, 0.1) is 0 Å². The Morgan fingerprint density at radius 1 is 1.67 bits per heavy atom. The summed E-state index contributed by atoms with van der Waals surface area (Å²) in [6.45, 7) is 1.98. The first-order valence-corrected chi connectivity index (χ1v) is 6.49. The van der Waals surface area contributed by atoms with E-state index >= 15 is 0 Å². The molecule has 0 bridgehead atoms. The molecule has 18 heavy (non-hydrogen) atoms. The highest BCUT2D eigenvalue weighted by atomic mass is 32.1. The van der Waals surface area contributed by atoms with Crippen molar-refractivity contribution in [1.29, 1.82) is 0 Å². The lowest BCUT2D eigenvalue weighted by atomic mass is 10.2. The minimum Gasteiger partial charge on any atom is -0.481 e. The standard InChI is InChI=1S/C12H14N2O3S/c1-8(10-3-2-6-17-10)13-12-14-9(7-18-12)4-5-11(15)16/h2-3,6-8H,4-5H2,1H3,(H,13,14)(H,15,16). The summed E-state index contributed by atoms with van der Waals surface area (Å²) in [6, 6.07) is 3.78. The maximum absolute atomic E-state index is 10.5. The average Bonchev–Trinajstić information content (AvgIpc) is 2.97. The molecule has 1 unspecified atom stereocenters. The van der Waals surface area contributed by atoms with Gasteiger partial charge in [0.25, 0.3) is 0 Å². The average molecular weight is 266 g/mol. The molecule has 0 saturated heterocycles. The Morgan fingerprint density at radius 2 is 2.50 bits per heavy atom. The molecule has 2 aromatic rings. The Morgan fingerprint density at radius 3 is 3.17 bits per heavy atom. The second kappa shape index (κ2) is 5.68. The maximum atomic E-state index is 10.5. The molecule has 2 N–H and O–H groups in total. The second-order valence-electron chi connectivity index (χ2n) is 3.92. The van der Waals surface area contributed by atoms with Gasteiger partial charge in [-0.05, 0) is 19.1 Å². The number of carboxylic acids is 1. The smallest absolute Gasteiger partial charge is 0.303 e. The first-order valence-electron chi connectivity index (χ1n) is 5.61. The molecule has 96 valence electrons. The van der Waals surface area contributed by atoms with E-state index in [0.717, 1.165) is 16.6 Å². The zero-order valence-electron chi connectivity index (χ0n) is 9.92. The molecule has 0 spiro atoms. The third-order valence-corrected chi connectivity index (χ3v) is 3.28. The summed E-state index contributed by atoms with van der Waals surface area (Å²) < 4.78 is 5.29. The number of nitrogens with zero attached hydrogens (tertiary/aromatic N) is 1. The van der Waals surface area contributed by atoms with Crippen LogP contribution in [0.2, 0.25) is 0 Å². The van der Waals surface area contributed by atoms with E-state index in [1.54, 1.807) is 6.26 Å². The van der Waals surface area contributed by atoms with Crippen LogP contribution >= 0.6 is 11.3 Å². The fourth-order valence-corrected chi connectivity index (χ4v) is 2.35. The first kappa shape index (κ1) is 12.6. The third-order valence-electron chi connectivity index (χ3n) is 2.46. The van der Waals surface area contributed by atoms with E-state index in [1.807, 2.05) is 24.4 Å². The summed E-state index contributed by atoms with van der Waals surface area (Å²) in [4.78, 5) is 14.8. The number of hydrogen-bond donors (Lipinski definition) is 2. The highest BCUT2D eigenvalue weighted by Crippen LogP contribution is 2.23. The van der Waals surface area contributed by atoms with Crippen molar-refractivity contribution in [3.63, 3.8) is 0 Å². The van der Waals surface area contributed by atoms with Gasteiger partial charge in [-0.1, -0.05) is 0 Å². The molecular weight excluding hydrogens is 252 g/mol. The molecular formula is C12H14N2O3S. The number of furan rings is 1. The highest BCUT2D eigenvalue weighted by Gasteiger charge is 2.10. The van der Waals surface area contributed by atoms with Gasteiger partial charge < -0.3 is 14.8 Å². The van der Waals surface area contributed by atoms with E-state index in [2.05, 4.69) is 10.3 Å². The number of aryl methyl sites for hydroxylation is 1. The third kappa shape index (κ3) is 3.33. The SMILES string of the molecule is CC(Nc1nc(CCC(=O)O)cs1)c1ccco1. The van der Waals surface area contributed by atoms with Crippen LogP contribution in [0.15, 0.2) is 28.2 Å². The molecule has 0 aliphatic rings. The molecule has 1 atom stereocenters. The fraction of sp³-hybridized carbons (Fsp3) is 0.333. The fourth-order valence-electron chi connectivity index (χ4n) is 1.52. The van der Waals surface area contributed by atoms with E-state index in [-0.39, 0.29) is 12.5 Å². The molecule has 0 aliphatic carbocycles. The van der Waals surface area contributed by atoms with Gasteiger partial charge in [0, 0.05) is 11.8 Å². The number of carbonyl (C=O) groups is 1. The number of carboxylic acid groups (broad SMARTS) is 1. The minimum atomic E-state index is -0.804. The minimum absolute atomic E-state index is 0.0403. The predicted molar refractivity (Wildman–Crippen MR) is 68.8 cm³/mol. The van der Waals surface area contributed by atoms with Crippen molar-refractivity contribution in [3.05, 3.63) is 35.2 Å². The lowest BCUT2D eigenvalue weighted by molar-refractivity contribution is -0.136. The van der Waals surface area contributed by atoms with Crippen molar-refractivity contribution in [2.24, 2.45) is 0 Å². The van der Waals surface area contributed by atoms with Crippen molar-refractivity contribution >= 4 is 22.4 Å². The highest BCUT2D eigenvalue weighted by molar-refractivity contribution is 7.13. The summed E-state index contributed by atoms with van der Waals surface area (Å²) in [5.74, 6) is 0.0405. The van der Waals surface area contributed by atoms with Gasteiger partial charge in [-0.2, -0.15) is 0 Å². The van der Waals surface area contributed by atoms with Crippen LogP contribution in [0.5, 0.6) is 0 Å². The molecule has 2 aromatic heterocycles. The first-order chi connectivity index (χ1) is 8.65. The number of hydrogen-bond acceptors (Lipinski definition) is 5. The van der Waals surface area contributed by atoms with E-state index in [4.69, 9.17) is 9.52 Å². The van der Waals surface area contributed by atoms with Gasteiger partial charge in [0.05, 0.1) is 24.4 Å². The Kier molecular flexibility index (Phi) is 3.99. The summed E-state index contributed by atoms with van der Waals surface area (Å²) in [5, 5.41) is 14.5. The summed E-state index contributed by atoms with van der Waals surface area (Å²) in [5.41, 5.74) is 0.802. The van der Waals surface area contributed by atoms with Crippen LogP contribution in [0.25, 0.3) is 0 Å². The zero-order valence-corrected chi connectivity index (χ0v) is 10.7. The van der Waals surface area contributed by atoms with Gasteiger partial charge in [0.1, 0.15) is 5.76 Å². The Balaban J connectivity index is 1.92. The van der Waals surface area contributed by atoms with Crippen LogP contribution < -0.4 is 5.32 Å². The van der Waals surface area contributed by atoms with Gasteiger partial charge in [0.2, 0.25) is 0 Å². The molecule has 2 rings (SSSR count). The molecule has 0 saturated carbocycles. The largest absolute Gasteiger partial charge is 0.481 e. The monoisotopic (exact) mass is 266 g/mol. The van der Waals surface area contributed by atoms with E-state index in [1.165, 1.54) is 11.3 Å². The van der Waals surface area contributed by atoms with Crippen molar-refractivity contribution in [2.45, 2.75) is 25.8 Å². The Hall–Kier alpha value is -1.82. The molecule has 0 aromatic carbocycles. The molecule has 0 fully saturated rings. The van der Waals surface area contributed by atoms with E-state index in [9.17, 15) is 4.79 Å². The number of thiazole rings is 1. The molecule has 6 heteroatoms. The van der Waals surface area contributed by atoms with Crippen LogP contribution in [-0.2, 0) is 11.2 Å². The summed E-state index contributed by atoms with van der Waals surface area (Å²) >= 11 is 1.47. The van der Waals surface area contributed by atoms with Gasteiger partial charge in [-0.3, -0.25) is 4.79 Å². The number of rotatable bonds is 6. The second-order valence-corrected chi connectivity index (χ2v) is 4.78. The summed E-state index contributed by atoms with van der Waals surface area (Å²) in [7, 11) is 0. The van der Waals surface area contributed by atoms with E-state index in [0.29, 0.717) is 6.42 Å². The normalized spacial score (nSPS) is 12.3. The van der Waals surface area contributed by atoms with Crippen molar-refractivity contribution in [3.8, 4) is 0 Å². The quantitative estimate of drug-likeness (QED) is 0.840. The molecule has 0 amide bonds. The topological polar surface area (TPSA) is 75.4 Å². The number of nitrogens with one attached hydrogen (secondary N) is 1. The van der Waals surface area contributed by atoms with Crippen molar-refractivity contribution < 1.29 is 14.3 Å². The molecule has 2 heterocycles. The molecule has 0 aliphatic heterocycles. The Bertz CT molecular complexity index is 507. The maximum Gasteiger partial charge on any atom is 0.303 e. The van der Waals surface area contributed by atoms with Crippen molar-refractivity contribution in [1.82, 2.24) is 4.98 Å². The zero-order chi connectivity index (χ0) is 13.0. The van der Waals surface area contributed by atoms with E-state index < -0.39 is 5.97 Å². The predicted octanol–water partition coefficient (Wildman–Crippen LogP) is 2.93. The lowest BCUT2D eigenvalue weighted by Gasteiger charge is -2.09. The van der Waals surface area contributed by atoms with Crippen LogP contribution in [-0.4, -0.2) is 16.1 Å². The van der Waals surface area contributed by atoms with Gasteiger partial charge >= 0.3 is 5.97 Å². The van der Waals surface area contributed by atoms with Crippen LogP contribution in [0.1, 0.15) is 30.8 Å². The van der Waals surface area contributed by atoms with Gasteiger partial charge in [0.15, 0.2) is 5.13 Å². The van der Waals surface area contributed by atoms with Crippen molar-refractivity contribution in [2.75, 3.05) is 5.32 Å². The molecule has 5 nitrogen and oxygen atoms in total. The van der Waals surface area contributed by atoms with Crippen LogP contribution in [0.3, 0.4) is 0 Å². The number of aliphatic carboxylic acids is 1. The van der Waals surface area contributed by atoms with Gasteiger partial charge in [-0.25, -0.2) is 4.98 Å². The van der Waals surface area contributed by atoms with Gasteiger partial charge in [-0.15, -0.1) is 11.3 Å². The molecule has 0 radical (unpaired) electrons. The number of aromatic nitrogens is 1. The number of anilines is 1.